The van der Waals surface area contributed by atoms with Crippen molar-refractivity contribution >= 4 is 27.5 Å². The van der Waals surface area contributed by atoms with Gasteiger partial charge in [0.05, 0.1) is 7.11 Å². The molecule has 0 aromatic carbocycles. The second-order valence-corrected chi connectivity index (χ2v) is 7.21. The molecule has 0 amide bonds. The average Bonchev–Trinajstić information content (AvgIpc) is 3.28. The molecule has 26 heavy (non-hydrogen) atoms. The minimum atomic E-state index is 0.619. The summed E-state index contributed by atoms with van der Waals surface area (Å²) in [6.45, 7) is 2.74. The molecule has 0 spiro atoms. The quantitative estimate of drug-likeness (QED) is 0.541. The van der Waals surface area contributed by atoms with Crippen molar-refractivity contribution in [3.8, 4) is 5.88 Å². The van der Waals surface area contributed by atoms with Crippen LogP contribution in [0.3, 0.4) is 0 Å². The third-order valence-electron chi connectivity index (χ3n) is 4.12. The number of H-pyrrole nitrogens is 1. The number of methoxy groups -OCH3 is 1. The molecule has 0 aliphatic heterocycles. The average molecular weight is 365 g/mol. The number of aromatic amines is 1. The Morgan fingerprint density at radius 1 is 1.15 bits per heavy atom. The molecular weight excluding hydrogens is 346 g/mol. The molecule has 4 aromatic rings. The molecule has 4 rings (SSSR count). The highest BCUT2D eigenvalue weighted by Gasteiger charge is 2.09. The molecule has 0 radical (unpaired) electrons. The van der Waals surface area contributed by atoms with Gasteiger partial charge in [0.15, 0.2) is 5.13 Å². The van der Waals surface area contributed by atoms with Crippen molar-refractivity contribution in [2.75, 3.05) is 12.4 Å². The van der Waals surface area contributed by atoms with Crippen molar-refractivity contribution in [1.29, 1.82) is 0 Å². The van der Waals surface area contributed by atoms with E-state index in [0.29, 0.717) is 12.4 Å². The largest absolute Gasteiger partial charge is 0.481 e. The van der Waals surface area contributed by atoms with Crippen LogP contribution in [0, 0.1) is 6.92 Å². The van der Waals surface area contributed by atoms with Crippen LogP contribution < -0.4 is 10.1 Å². The molecule has 7 heteroatoms. The molecular formula is C19H19N5OS. The van der Waals surface area contributed by atoms with Crippen molar-refractivity contribution in [2.24, 2.45) is 0 Å². The number of anilines is 1. The number of rotatable bonds is 6. The Morgan fingerprint density at radius 3 is 2.88 bits per heavy atom. The molecule has 4 heterocycles. The van der Waals surface area contributed by atoms with E-state index in [1.165, 1.54) is 15.8 Å². The number of aromatic nitrogens is 4. The molecule has 0 atom stereocenters. The van der Waals surface area contributed by atoms with Crippen LogP contribution in [0.15, 0.2) is 43.0 Å². The predicted octanol–water partition coefficient (Wildman–Crippen LogP) is 3.93. The van der Waals surface area contributed by atoms with Gasteiger partial charge in [-0.3, -0.25) is 0 Å². The van der Waals surface area contributed by atoms with E-state index >= 15 is 0 Å². The predicted molar refractivity (Wildman–Crippen MR) is 104 cm³/mol. The highest BCUT2D eigenvalue weighted by atomic mass is 32.1. The summed E-state index contributed by atoms with van der Waals surface area (Å²) in [5.41, 5.74) is 4.42. The number of ether oxygens (including phenoxy) is 1. The molecule has 0 fully saturated rings. The van der Waals surface area contributed by atoms with E-state index in [4.69, 9.17) is 4.74 Å². The maximum atomic E-state index is 5.07. The van der Waals surface area contributed by atoms with Crippen LogP contribution in [0.25, 0.3) is 11.0 Å². The zero-order valence-corrected chi connectivity index (χ0v) is 15.4. The number of thiazole rings is 1. The number of pyridine rings is 2. The first kappa shape index (κ1) is 16.5. The summed E-state index contributed by atoms with van der Waals surface area (Å²) in [4.78, 5) is 17.6. The molecule has 0 unspecified atom stereocenters. The summed E-state index contributed by atoms with van der Waals surface area (Å²) in [6, 6.07) is 6.02. The van der Waals surface area contributed by atoms with E-state index in [2.05, 4.69) is 38.2 Å². The summed E-state index contributed by atoms with van der Waals surface area (Å²) >= 11 is 1.67. The van der Waals surface area contributed by atoms with Gasteiger partial charge in [0.25, 0.3) is 0 Å². The van der Waals surface area contributed by atoms with Crippen LogP contribution in [0.2, 0.25) is 0 Å². The smallest absolute Gasteiger partial charge is 0.212 e. The van der Waals surface area contributed by atoms with E-state index in [-0.39, 0.29) is 0 Å². The van der Waals surface area contributed by atoms with Crippen LogP contribution in [0.4, 0.5) is 5.13 Å². The number of fused-ring (bicyclic) bond motifs is 1. The zero-order chi connectivity index (χ0) is 17.9. The van der Waals surface area contributed by atoms with Crippen LogP contribution in [-0.2, 0) is 13.0 Å². The Hall–Kier alpha value is -2.93. The first-order valence-electron chi connectivity index (χ1n) is 8.31. The Balaban J connectivity index is 1.43. The molecule has 132 valence electrons. The first-order chi connectivity index (χ1) is 12.7. The lowest BCUT2D eigenvalue weighted by atomic mass is 10.1. The Bertz CT molecular complexity index is 1020. The summed E-state index contributed by atoms with van der Waals surface area (Å²) in [5.74, 6) is 0.619. The molecule has 0 aliphatic rings. The van der Waals surface area contributed by atoms with Crippen molar-refractivity contribution in [2.45, 2.75) is 19.9 Å². The van der Waals surface area contributed by atoms with Gasteiger partial charge in [-0.2, -0.15) is 0 Å². The molecule has 0 saturated heterocycles. The molecule has 4 aromatic heterocycles. The molecule has 0 saturated carbocycles. The van der Waals surface area contributed by atoms with Crippen molar-refractivity contribution in [3.63, 3.8) is 0 Å². The van der Waals surface area contributed by atoms with Crippen LogP contribution >= 0.6 is 11.3 Å². The van der Waals surface area contributed by atoms with Gasteiger partial charge >= 0.3 is 0 Å². The van der Waals surface area contributed by atoms with Gasteiger partial charge in [-0.05, 0) is 29.7 Å². The van der Waals surface area contributed by atoms with Gasteiger partial charge in [-0.15, -0.1) is 11.3 Å². The van der Waals surface area contributed by atoms with Gasteiger partial charge < -0.3 is 15.0 Å². The second kappa shape index (κ2) is 7.13. The molecule has 0 bridgehead atoms. The van der Waals surface area contributed by atoms with Gasteiger partial charge in [0, 0.05) is 54.1 Å². The van der Waals surface area contributed by atoms with Crippen molar-refractivity contribution < 1.29 is 4.74 Å². The van der Waals surface area contributed by atoms with Crippen LogP contribution in [-0.4, -0.2) is 27.0 Å². The van der Waals surface area contributed by atoms with Crippen LogP contribution in [0.1, 0.15) is 21.6 Å². The highest BCUT2D eigenvalue weighted by molar-refractivity contribution is 7.15. The number of hydrogen-bond acceptors (Lipinski definition) is 6. The summed E-state index contributed by atoms with van der Waals surface area (Å²) in [7, 11) is 1.61. The van der Waals surface area contributed by atoms with E-state index in [9.17, 15) is 0 Å². The second-order valence-electron chi connectivity index (χ2n) is 6.09. The van der Waals surface area contributed by atoms with E-state index in [0.717, 1.165) is 28.3 Å². The maximum Gasteiger partial charge on any atom is 0.212 e. The van der Waals surface area contributed by atoms with Gasteiger partial charge in [0.1, 0.15) is 5.65 Å². The van der Waals surface area contributed by atoms with E-state index < -0.39 is 0 Å². The minimum Gasteiger partial charge on any atom is -0.481 e. The summed E-state index contributed by atoms with van der Waals surface area (Å²) in [5, 5.41) is 5.44. The summed E-state index contributed by atoms with van der Waals surface area (Å²) < 4.78 is 5.07. The first-order valence-corrected chi connectivity index (χ1v) is 9.13. The van der Waals surface area contributed by atoms with Crippen LogP contribution in [0.5, 0.6) is 5.88 Å². The monoisotopic (exact) mass is 365 g/mol. The topological polar surface area (TPSA) is 75.7 Å². The Morgan fingerprint density at radius 2 is 2.08 bits per heavy atom. The Labute approximate surface area is 155 Å². The van der Waals surface area contributed by atoms with Crippen molar-refractivity contribution in [3.05, 3.63) is 64.6 Å². The van der Waals surface area contributed by atoms with E-state index in [1.54, 1.807) is 18.4 Å². The number of aryl methyl sites for hydroxylation is 1. The fourth-order valence-electron chi connectivity index (χ4n) is 2.78. The highest BCUT2D eigenvalue weighted by Crippen LogP contribution is 2.25. The third-order valence-corrected chi connectivity index (χ3v) is 5.08. The SMILES string of the molecule is COc1ccc(CNc2ncc(Cc3c[nH]c4ncc(C)cc34)s2)cn1. The van der Waals surface area contributed by atoms with Gasteiger partial charge in [0.2, 0.25) is 5.88 Å². The van der Waals surface area contributed by atoms with Gasteiger partial charge in [-0.1, -0.05) is 6.07 Å². The maximum absolute atomic E-state index is 5.07. The number of nitrogens with zero attached hydrogens (tertiary/aromatic N) is 3. The number of hydrogen-bond donors (Lipinski definition) is 2. The minimum absolute atomic E-state index is 0.619. The zero-order valence-electron chi connectivity index (χ0n) is 14.6. The summed E-state index contributed by atoms with van der Waals surface area (Å²) in [6.07, 6.45) is 8.50. The lowest BCUT2D eigenvalue weighted by molar-refractivity contribution is 0.397. The number of nitrogens with one attached hydrogen (secondary N) is 2. The van der Waals surface area contributed by atoms with Gasteiger partial charge in [-0.25, -0.2) is 15.0 Å². The molecule has 0 aliphatic carbocycles. The molecule has 6 nitrogen and oxygen atoms in total. The third kappa shape index (κ3) is 3.52. The fourth-order valence-corrected chi connectivity index (χ4v) is 3.61. The molecule has 2 N–H and O–H groups in total. The van der Waals surface area contributed by atoms with Crippen molar-refractivity contribution in [1.82, 2.24) is 19.9 Å². The lowest BCUT2D eigenvalue weighted by Gasteiger charge is -2.03. The fraction of sp³-hybridized carbons (Fsp3) is 0.211. The normalized spacial score (nSPS) is 11.0. The lowest BCUT2D eigenvalue weighted by Crippen LogP contribution is -1.99. The van der Waals surface area contributed by atoms with E-state index in [1.807, 2.05) is 36.9 Å². The standard InChI is InChI=1S/C19H19N5OS/c1-12-5-16-14(10-22-18(16)21-7-12)6-15-11-24-19(26-15)23-9-13-3-4-17(25-2)20-8-13/h3-5,7-8,10-11H,6,9H2,1-2H3,(H,21,22)(H,23,24). The Kier molecular flexibility index (Phi) is 4.53.